The molecule has 0 fully saturated rings. The molecule has 0 heteroatoms. The van der Waals surface area contributed by atoms with Gasteiger partial charge in [0, 0.05) is 5.92 Å². The predicted molar refractivity (Wildman–Crippen MR) is 154 cm³/mol. The molecule has 0 atom stereocenters. The molecule has 0 aliphatic heterocycles. The van der Waals surface area contributed by atoms with Crippen LogP contribution in [0.5, 0.6) is 0 Å². The van der Waals surface area contributed by atoms with Crippen molar-refractivity contribution in [2.24, 2.45) is 0 Å². The van der Waals surface area contributed by atoms with Crippen molar-refractivity contribution < 1.29 is 0 Å². The largest absolute Gasteiger partial charge is 0.0993 e. The van der Waals surface area contributed by atoms with Gasteiger partial charge in [0.25, 0.3) is 0 Å². The van der Waals surface area contributed by atoms with Crippen LogP contribution in [-0.2, 0) is 0 Å². The Morgan fingerprint density at radius 3 is 0.879 bits per heavy atom. The zero-order valence-corrected chi connectivity index (χ0v) is 23.8. The van der Waals surface area contributed by atoms with E-state index in [-0.39, 0.29) is 0 Å². The molecule has 0 spiro atoms. The Balaban J connectivity index is 4.04. The Morgan fingerprint density at radius 2 is 0.576 bits per heavy atom. The van der Waals surface area contributed by atoms with E-state index in [1.807, 2.05) is 0 Å². The van der Waals surface area contributed by atoms with E-state index < -0.39 is 0 Å². The van der Waals surface area contributed by atoms with Crippen molar-refractivity contribution in [1.82, 2.24) is 0 Å². The van der Waals surface area contributed by atoms with E-state index in [1.165, 1.54) is 179 Å². The lowest BCUT2D eigenvalue weighted by molar-refractivity contribution is 0.537. The van der Waals surface area contributed by atoms with Gasteiger partial charge in [-0.2, -0.15) is 0 Å². The first-order valence-corrected chi connectivity index (χ1v) is 15.8. The number of unbranched alkanes of at least 4 members (excludes halogenated alkanes) is 21. The van der Waals surface area contributed by atoms with Crippen molar-refractivity contribution >= 4 is 0 Å². The van der Waals surface area contributed by atoms with E-state index >= 15 is 0 Å². The minimum Gasteiger partial charge on any atom is -0.0993 e. The minimum absolute atomic E-state index is 1.26. The first-order chi connectivity index (χ1) is 16.3. The third kappa shape index (κ3) is 24.7. The van der Waals surface area contributed by atoms with Crippen molar-refractivity contribution in [2.75, 3.05) is 0 Å². The van der Waals surface area contributed by atoms with Crippen LogP contribution < -0.4 is 0 Å². The van der Waals surface area contributed by atoms with Crippen LogP contribution in [0.2, 0.25) is 0 Å². The van der Waals surface area contributed by atoms with Gasteiger partial charge >= 0.3 is 0 Å². The molecule has 0 rings (SSSR count). The van der Waals surface area contributed by atoms with E-state index in [1.54, 1.807) is 5.92 Å². The van der Waals surface area contributed by atoms with E-state index in [0.29, 0.717) is 0 Å². The first kappa shape index (κ1) is 32.7. The molecular weight excluding hydrogens is 396 g/mol. The molecule has 0 heterocycles. The van der Waals surface area contributed by atoms with Gasteiger partial charge in [0.2, 0.25) is 0 Å². The lowest BCUT2D eigenvalue weighted by atomic mass is 9.86. The van der Waals surface area contributed by atoms with Crippen molar-refractivity contribution in [2.45, 2.75) is 194 Å². The zero-order valence-electron chi connectivity index (χ0n) is 23.8. The maximum Gasteiger partial charge on any atom is 0.000267 e. The molecule has 0 bridgehead atoms. The summed E-state index contributed by atoms with van der Waals surface area (Å²) in [5, 5.41) is 0. The highest BCUT2D eigenvalue weighted by atomic mass is 14.2. The maximum atomic E-state index is 4.57. The third-order valence-electron chi connectivity index (χ3n) is 7.50. The van der Waals surface area contributed by atoms with E-state index in [2.05, 4.69) is 27.4 Å². The SMILES string of the molecule is C=C(CCCCCCCCCC)[C](CCCCCCCCCC)CCCCCCCCCC. The summed E-state index contributed by atoms with van der Waals surface area (Å²) in [7, 11) is 0. The highest BCUT2D eigenvalue weighted by molar-refractivity contribution is 5.20. The fraction of sp³-hybridized carbons (Fsp3) is 0.909. The molecule has 0 aromatic heterocycles. The van der Waals surface area contributed by atoms with Crippen LogP contribution in [0.4, 0.5) is 0 Å². The molecule has 0 N–H and O–H groups in total. The standard InChI is InChI=1S/C33H65/c1-5-8-11-14-17-20-23-26-29-32(4)33(30-27-24-21-18-15-12-9-6-2)31-28-25-22-19-16-13-10-7-3/h4-31H2,1-3H3. The van der Waals surface area contributed by atoms with Crippen molar-refractivity contribution in [3.63, 3.8) is 0 Å². The van der Waals surface area contributed by atoms with Gasteiger partial charge in [-0.25, -0.2) is 0 Å². The fourth-order valence-electron chi connectivity index (χ4n) is 5.07. The molecule has 0 aromatic carbocycles. The molecule has 0 saturated heterocycles. The first-order valence-electron chi connectivity index (χ1n) is 15.8. The minimum atomic E-state index is 1.26. The lowest BCUT2D eigenvalue weighted by Crippen LogP contribution is -2.02. The molecule has 0 aliphatic carbocycles. The molecule has 0 unspecified atom stereocenters. The summed E-state index contributed by atoms with van der Waals surface area (Å²) in [6.45, 7) is 11.5. The summed E-state index contributed by atoms with van der Waals surface area (Å²) in [4.78, 5) is 0. The normalized spacial score (nSPS) is 11.5. The highest BCUT2D eigenvalue weighted by Crippen LogP contribution is 2.30. The maximum absolute atomic E-state index is 4.57. The van der Waals surface area contributed by atoms with Crippen LogP contribution in [0, 0.1) is 5.92 Å². The van der Waals surface area contributed by atoms with Crippen molar-refractivity contribution in [1.29, 1.82) is 0 Å². The molecule has 0 aliphatic rings. The van der Waals surface area contributed by atoms with Gasteiger partial charge in [0.1, 0.15) is 0 Å². The van der Waals surface area contributed by atoms with Crippen LogP contribution in [0.3, 0.4) is 0 Å². The molecule has 0 amide bonds. The monoisotopic (exact) mass is 462 g/mol. The van der Waals surface area contributed by atoms with Gasteiger partial charge in [-0.05, 0) is 25.7 Å². The fourth-order valence-corrected chi connectivity index (χ4v) is 5.07. The summed E-state index contributed by atoms with van der Waals surface area (Å²) in [6.07, 6.45) is 38.1. The summed E-state index contributed by atoms with van der Waals surface area (Å²) in [6, 6.07) is 0. The average molecular weight is 462 g/mol. The molecular formula is C33H65. The highest BCUT2D eigenvalue weighted by Gasteiger charge is 2.13. The topological polar surface area (TPSA) is 0 Å². The van der Waals surface area contributed by atoms with Crippen LogP contribution in [0.25, 0.3) is 0 Å². The Morgan fingerprint density at radius 1 is 0.333 bits per heavy atom. The second-order valence-corrected chi connectivity index (χ2v) is 10.9. The summed E-state index contributed by atoms with van der Waals surface area (Å²) >= 11 is 0. The zero-order chi connectivity index (χ0) is 24.2. The van der Waals surface area contributed by atoms with E-state index in [4.69, 9.17) is 0 Å². The smallest absolute Gasteiger partial charge is 0.000267 e. The van der Waals surface area contributed by atoms with Gasteiger partial charge in [0.15, 0.2) is 0 Å². The number of rotatable bonds is 28. The second kappa shape index (κ2) is 28.0. The molecule has 0 nitrogen and oxygen atoms in total. The van der Waals surface area contributed by atoms with Crippen LogP contribution in [-0.4, -0.2) is 0 Å². The number of allylic oxidation sites excluding steroid dienone is 1. The van der Waals surface area contributed by atoms with Crippen LogP contribution >= 0.6 is 0 Å². The van der Waals surface area contributed by atoms with E-state index in [0.717, 1.165) is 0 Å². The number of hydrogen-bond donors (Lipinski definition) is 0. The molecule has 33 heavy (non-hydrogen) atoms. The summed E-state index contributed by atoms with van der Waals surface area (Å²) in [5.41, 5.74) is 1.52. The van der Waals surface area contributed by atoms with Crippen molar-refractivity contribution in [3.8, 4) is 0 Å². The Kier molecular flexibility index (Phi) is 27.8. The van der Waals surface area contributed by atoms with Crippen LogP contribution in [0.15, 0.2) is 12.2 Å². The van der Waals surface area contributed by atoms with Gasteiger partial charge in [-0.1, -0.05) is 181 Å². The predicted octanol–water partition coefficient (Wildman–Crippen LogP) is 12.7. The van der Waals surface area contributed by atoms with Gasteiger partial charge < -0.3 is 0 Å². The van der Waals surface area contributed by atoms with Gasteiger partial charge in [-0.15, -0.1) is 0 Å². The quantitative estimate of drug-likeness (QED) is 0.102. The Bertz CT molecular complexity index is 348. The van der Waals surface area contributed by atoms with Crippen molar-refractivity contribution in [3.05, 3.63) is 18.1 Å². The van der Waals surface area contributed by atoms with E-state index in [9.17, 15) is 0 Å². The Hall–Kier alpha value is -0.260. The molecule has 0 aromatic rings. The third-order valence-corrected chi connectivity index (χ3v) is 7.50. The average Bonchev–Trinajstić information content (AvgIpc) is 2.82. The number of hydrogen-bond acceptors (Lipinski definition) is 0. The van der Waals surface area contributed by atoms with Crippen LogP contribution in [0.1, 0.15) is 194 Å². The summed E-state index contributed by atoms with van der Waals surface area (Å²) in [5.74, 6) is 1.75. The molecule has 197 valence electrons. The van der Waals surface area contributed by atoms with Gasteiger partial charge in [-0.3, -0.25) is 0 Å². The molecule has 0 saturated carbocycles. The lowest BCUT2D eigenvalue weighted by Gasteiger charge is -2.19. The summed E-state index contributed by atoms with van der Waals surface area (Å²) < 4.78 is 0. The Labute approximate surface area is 212 Å². The second-order valence-electron chi connectivity index (χ2n) is 10.9. The molecule has 1 radical (unpaired) electrons. The van der Waals surface area contributed by atoms with Gasteiger partial charge in [0.05, 0.1) is 0 Å².